The van der Waals surface area contributed by atoms with E-state index in [2.05, 4.69) is 12.2 Å². The van der Waals surface area contributed by atoms with Crippen LogP contribution in [-0.4, -0.2) is 19.0 Å². The highest BCUT2D eigenvalue weighted by atomic mass is 16.1. The van der Waals surface area contributed by atoms with Crippen molar-refractivity contribution in [1.29, 1.82) is 0 Å². The number of amides is 1. The Morgan fingerprint density at radius 3 is 1.41 bits per heavy atom. The second-order valence-corrected chi connectivity index (χ2v) is 8.25. The molecule has 0 saturated carbocycles. The number of nitrogens with one attached hydrogen (secondary N) is 1. The fraction of sp³-hybridized carbons (Fsp3) is 0.958. The zero-order valence-corrected chi connectivity index (χ0v) is 18.5. The summed E-state index contributed by atoms with van der Waals surface area (Å²) in [5.74, 6) is 0.216. The van der Waals surface area contributed by atoms with Crippen LogP contribution in [0.2, 0.25) is 0 Å². The molecule has 0 radical (unpaired) electrons. The zero-order chi connectivity index (χ0) is 19.8. The van der Waals surface area contributed by atoms with Crippen LogP contribution in [0.1, 0.15) is 135 Å². The SMILES string of the molecule is CCCCCCCCCCCCCCCCCCCC(=O)NCCCCN. The molecular formula is C24H50N2O. The van der Waals surface area contributed by atoms with Gasteiger partial charge in [-0.2, -0.15) is 0 Å². The Morgan fingerprint density at radius 1 is 0.593 bits per heavy atom. The fourth-order valence-corrected chi connectivity index (χ4v) is 3.60. The molecule has 0 unspecified atom stereocenters. The maximum atomic E-state index is 11.6. The molecule has 0 aliphatic heterocycles. The van der Waals surface area contributed by atoms with Gasteiger partial charge < -0.3 is 11.1 Å². The maximum Gasteiger partial charge on any atom is 0.219 e. The smallest absolute Gasteiger partial charge is 0.219 e. The van der Waals surface area contributed by atoms with Crippen LogP contribution < -0.4 is 11.1 Å². The van der Waals surface area contributed by atoms with Crippen LogP contribution in [0.3, 0.4) is 0 Å². The number of unbranched alkanes of at least 4 members (excludes halogenated alkanes) is 17. The molecule has 27 heavy (non-hydrogen) atoms. The minimum atomic E-state index is 0.216. The number of hydrogen-bond acceptors (Lipinski definition) is 2. The third-order valence-corrected chi connectivity index (χ3v) is 5.46. The Balaban J connectivity index is 3.07. The second kappa shape index (κ2) is 23.5. The third kappa shape index (κ3) is 23.4. The Morgan fingerprint density at radius 2 is 1.00 bits per heavy atom. The summed E-state index contributed by atoms with van der Waals surface area (Å²) in [5.41, 5.74) is 5.44. The van der Waals surface area contributed by atoms with Gasteiger partial charge in [0, 0.05) is 13.0 Å². The first-order valence-electron chi connectivity index (χ1n) is 12.3. The second-order valence-electron chi connectivity index (χ2n) is 8.25. The molecule has 0 aliphatic rings. The van der Waals surface area contributed by atoms with Gasteiger partial charge in [0.1, 0.15) is 0 Å². The molecule has 3 N–H and O–H groups in total. The summed E-state index contributed by atoms with van der Waals surface area (Å²) in [4.78, 5) is 11.6. The predicted molar refractivity (Wildman–Crippen MR) is 120 cm³/mol. The minimum Gasteiger partial charge on any atom is -0.356 e. The third-order valence-electron chi connectivity index (χ3n) is 5.46. The molecule has 1 amide bonds. The summed E-state index contributed by atoms with van der Waals surface area (Å²) in [7, 11) is 0. The molecule has 0 aliphatic carbocycles. The van der Waals surface area contributed by atoms with Crippen molar-refractivity contribution in [3.8, 4) is 0 Å². The zero-order valence-electron chi connectivity index (χ0n) is 18.5. The molecule has 162 valence electrons. The first-order valence-corrected chi connectivity index (χ1v) is 12.3. The minimum absolute atomic E-state index is 0.216. The van der Waals surface area contributed by atoms with E-state index in [0.29, 0.717) is 6.42 Å². The summed E-state index contributed by atoms with van der Waals surface area (Å²) in [6, 6.07) is 0. The number of rotatable bonds is 22. The fourth-order valence-electron chi connectivity index (χ4n) is 3.60. The summed E-state index contributed by atoms with van der Waals surface area (Å²) in [6.07, 6.45) is 26.1. The first kappa shape index (κ1) is 26.4. The predicted octanol–water partition coefficient (Wildman–Crippen LogP) is 6.88. The van der Waals surface area contributed by atoms with Crippen molar-refractivity contribution in [2.75, 3.05) is 13.1 Å². The van der Waals surface area contributed by atoms with E-state index >= 15 is 0 Å². The Kier molecular flexibility index (Phi) is 23.0. The molecule has 0 aromatic rings. The van der Waals surface area contributed by atoms with Gasteiger partial charge in [0.15, 0.2) is 0 Å². The topological polar surface area (TPSA) is 55.1 Å². The Bertz CT molecular complexity index is 294. The Hall–Kier alpha value is -0.570. The van der Waals surface area contributed by atoms with Crippen molar-refractivity contribution in [1.82, 2.24) is 5.32 Å². The van der Waals surface area contributed by atoms with Gasteiger partial charge in [-0.3, -0.25) is 4.79 Å². The van der Waals surface area contributed by atoms with Crippen molar-refractivity contribution in [3.05, 3.63) is 0 Å². The van der Waals surface area contributed by atoms with E-state index in [1.807, 2.05) is 0 Å². The van der Waals surface area contributed by atoms with E-state index in [0.717, 1.165) is 32.4 Å². The standard InChI is InChI=1S/C24H50N2O/c1-2-3-4-5-6-7-8-9-10-11-12-13-14-15-16-17-18-21-24(27)26-23-20-19-22-25/h2-23,25H2,1H3,(H,26,27). The molecule has 3 nitrogen and oxygen atoms in total. The van der Waals surface area contributed by atoms with Crippen LogP contribution in [-0.2, 0) is 4.79 Å². The molecule has 3 heteroatoms. The first-order chi connectivity index (χ1) is 13.3. The summed E-state index contributed by atoms with van der Waals surface area (Å²) < 4.78 is 0. The molecule has 0 atom stereocenters. The van der Waals surface area contributed by atoms with Crippen molar-refractivity contribution >= 4 is 5.91 Å². The maximum absolute atomic E-state index is 11.6. The summed E-state index contributed by atoms with van der Waals surface area (Å²) in [6.45, 7) is 3.79. The lowest BCUT2D eigenvalue weighted by molar-refractivity contribution is -0.121. The summed E-state index contributed by atoms with van der Waals surface area (Å²) >= 11 is 0. The molecule has 0 bridgehead atoms. The van der Waals surface area contributed by atoms with Crippen molar-refractivity contribution in [3.63, 3.8) is 0 Å². The van der Waals surface area contributed by atoms with E-state index in [1.54, 1.807) is 0 Å². The van der Waals surface area contributed by atoms with Crippen molar-refractivity contribution in [2.45, 2.75) is 135 Å². The molecule has 0 aromatic carbocycles. The molecule has 0 fully saturated rings. The van der Waals surface area contributed by atoms with Gasteiger partial charge in [0.05, 0.1) is 0 Å². The van der Waals surface area contributed by atoms with E-state index in [9.17, 15) is 4.79 Å². The molecule has 0 heterocycles. The lowest BCUT2D eigenvalue weighted by atomic mass is 10.0. The van der Waals surface area contributed by atoms with Crippen molar-refractivity contribution in [2.24, 2.45) is 5.73 Å². The molecular weight excluding hydrogens is 332 g/mol. The van der Waals surface area contributed by atoms with Gasteiger partial charge in [-0.05, 0) is 25.8 Å². The lowest BCUT2D eigenvalue weighted by Gasteiger charge is -2.05. The van der Waals surface area contributed by atoms with E-state index in [-0.39, 0.29) is 5.91 Å². The van der Waals surface area contributed by atoms with Gasteiger partial charge in [-0.1, -0.05) is 110 Å². The van der Waals surface area contributed by atoms with Crippen LogP contribution in [0, 0.1) is 0 Å². The Labute approximate surface area is 170 Å². The highest BCUT2D eigenvalue weighted by molar-refractivity contribution is 5.75. The van der Waals surface area contributed by atoms with Gasteiger partial charge in [0.25, 0.3) is 0 Å². The van der Waals surface area contributed by atoms with Crippen LogP contribution in [0.15, 0.2) is 0 Å². The number of carbonyl (C=O) groups excluding carboxylic acids is 1. The monoisotopic (exact) mass is 382 g/mol. The largest absolute Gasteiger partial charge is 0.356 e. The highest BCUT2D eigenvalue weighted by Crippen LogP contribution is 2.14. The van der Waals surface area contributed by atoms with Gasteiger partial charge in [0.2, 0.25) is 5.91 Å². The average molecular weight is 383 g/mol. The van der Waals surface area contributed by atoms with E-state index in [4.69, 9.17) is 5.73 Å². The van der Waals surface area contributed by atoms with Crippen LogP contribution >= 0.6 is 0 Å². The molecule has 0 spiro atoms. The summed E-state index contributed by atoms with van der Waals surface area (Å²) in [5, 5.41) is 2.98. The average Bonchev–Trinajstić information content (AvgIpc) is 2.67. The quantitative estimate of drug-likeness (QED) is 0.200. The highest BCUT2D eigenvalue weighted by Gasteiger charge is 2.00. The molecule has 0 rings (SSSR count). The van der Waals surface area contributed by atoms with Crippen LogP contribution in [0.4, 0.5) is 0 Å². The van der Waals surface area contributed by atoms with Gasteiger partial charge >= 0.3 is 0 Å². The lowest BCUT2D eigenvalue weighted by Crippen LogP contribution is -2.24. The van der Waals surface area contributed by atoms with Crippen molar-refractivity contribution < 1.29 is 4.79 Å². The van der Waals surface area contributed by atoms with E-state index in [1.165, 1.54) is 103 Å². The molecule has 0 saturated heterocycles. The number of carbonyl (C=O) groups is 1. The van der Waals surface area contributed by atoms with Crippen LogP contribution in [0.5, 0.6) is 0 Å². The van der Waals surface area contributed by atoms with Crippen LogP contribution in [0.25, 0.3) is 0 Å². The number of hydrogen-bond donors (Lipinski definition) is 2. The number of nitrogens with two attached hydrogens (primary N) is 1. The van der Waals surface area contributed by atoms with Gasteiger partial charge in [-0.15, -0.1) is 0 Å². The normalized spacial score (nSPS) is 11.0. The molecule has 0 aromatic heterocycles. The van der Waals surface area contributed by atoms with E-state index < -0.39 is 0 Å². The van der Waals surface area contributed by atoms with Gasteiger partial charge in [-0.25, -0.2) is 0 Å².